The van der Waals surface area contributed by atoms with Crippen LogP contribution in [0, 0.1) is 0 Å². The second-order valence-corrected chi connectivity index (χ2v) is 8.54. The molecule has 0 bridgehead atoms. The first-order valence-electron chi connectivity index (χ1n) is 12.5. The van der Waals surface area contributed by atoms with E-state index >= 15 is 0 Å². The Balaban J connectivity index is 0.00000301. The van der Waals surface area contributed by atoms with Gasteiger partial charge in [-0.1, -0.05) is 20.8 Å². The molecule has 230 valence electrons. The standard InChI is InChI=1S/C25H23F6N3O6.C2H6/c1-4-12-10-32-18-6-5-14(9-15(12)18)40-20-16(24(26,27)28)7-13(8-17(20)25(29,30)31)33-21(36)22(37)34-19(11(2)35)23(38)39-3;1-2/h5-11,19,32,35H,4H2,1-3H3,(H,33,36)(H,34,37);1-2H3. The van der Waals surface area contributed by atoms with Crippen LogP contribution in [0.1, 0.15) is 44.4 Å². The predicted molar refractivity (Wildman–Crippen MR) is 140 cm³/mol. The molecule has 2 amide bonds. The molecule has 0 saturated heterocycles. The van der Waals surface area contributed by atoms with Gasteiger partial charge in [-0.25, -0.2) is 4.79 Å². The van der Waals surface area contributed by atoms with Crippen LogP contribution in [0.4, 0.5) is 32.0 Å². The highest BCUT2D eigenvalue weighted by molar-refractivity contribution is 6.40. The van der Waals surface area contributed by atoms with Crippen LogP contribution >= 0.6 is 0 Å². The minimum absolute atomic E-state index is 0.175. The minimum Gasteiger partial charge on any atom is -0.467 e. The number of aromatic amines is 1. The highest BCUT2D eigenvalue weighted by atomic mass is 19.4. The lowest BCUT2D eigenvalue weighted by atomic mass is 10.1. The molecule has 0 spiro atoms. The molecule has 2 unspecified atom stereocenters. The highest BCUT2D eigenvalue weighted by Gasteiger charge is 2.43. The van der Waals surface area contributed by atoms with E-state index in [9.17, 15) is 45.8 Å². The zero-order valence-corrected chi connectivity index (χ0v) is 23.1. The Hall–Kier alpha value is -4.27. The fourth-order valence-corrected chi connectivity index (χ4v) is 3.76. The zero-order valence-electron chi connectivity index (χ0n) is 23.1. The predicted octanol–water partition coefficient (Wildman–Crippen LogP) is 5.56. The number of aliphatic hydroxyl groups is 1. The quantitative estimate of drug-likeness (QED) is 0.159. The number of halogens is 6. The number of nitrogens with one attached hydrogen (secondary N) is 3. The molecular weight excluding hydrogens is 576 g/mol. The molecule has 0 aliphatic carbocycles. The maximum atomic E-state index is 14.0. The lowest BCUT2D eigenvalue weighted by Gasteiger charge is -2.21. The van der Waals surface area contributed by atoms with Crippen LogP contribution in [0.5, 0.6) is 11.5 Å². The van der Waals surface area contributed by atoms with Crippen molar-refractivity contribution in [3.8, 4) is 11.5 Å². The number of carbonyl (C=O) groups is 3. The minimum atomic E-state index is -5.38. The third kappa shape index (κ3) is 7.93. The summed E-state index contributed by atoms with van der Waals surface area (Å²) in [5.41, 5.74) is -3.43. The van der Waals surface area contributed by atoms with Gasteiger partial charge in [-0.05, 0) is 49.2 Å². The summed E-state index contributed by atoms with van der Waals surface area (Å²) in [6.07, 6.45) is -10.1. The van der Waals surface area contributed by atoms with E-state index in [1.54, 1.807) is 16.8 Å². The van der Waals surface area contributed by atoms with Crippen molar-refractivity contribution in [3.05, 3.63) is 53.2 Å². The fourth-order valence-electron chi connectivity index (χ4n) is 3.76. The number of hydrogen-bond donors (Lipinski definition) is 4. The first-order chi connectivity index (χ1) is 19.6. The number of amides is 2. The van der Waals surface area contributed by atoms with Crippen LogP contribution in [0.2, 0.25) is 0 Å². The lowest BCUT2D eigenvalue weighted by molar-refractivity contribution is -0.149. The highest BCUT2D eigenvalue weighted by Crippen LogP contribution is 2.47. The van der Waals surface area contributed by atoms with E-state index in [1.165, 1.54) is 18.2 Å². The molecule has 0 radical (unpaired) electrons. The zero-order chi connectivity index (χ0) is 32.0. The molecule has 3 rings (SSSR count). The van der Waals surface area contributed by atoms with Gasteiger partial charge in [-0.2, -0.15) is 26.3 Å². The Kier molecular flexibility index (Phi) is 11.0. The monoisotopic (exact) mass is 605 g/mol. The SMILES string of the molecule is CC.CCc1c[nH]c2ccc(Oc3c(C(F)(F)F)cc(NC(=O)C(=O)NC(C(=O)OC)C(C)O)cc3C(F)(F)F)cc12. The van der Waals surface area contributed by atoms with Gasteiger partial charge in [0.25, 0.3) is 0 Å². The van der Waals surface area contributed by atoms with Crippen molar-refractivity contribution >= 4 is 34.4 Å². The smallest absolute Gasteiger partial charge is 0.420 e. The largest absolute Gasteiger partial charge is 0.467 e. The van der Waals surface area contributed by atoms with Gasteiger partial charge in [0.1, 0.15) is 16.9 Å². The van der Waals surface area contributed by atoms with Crippen LogP contribution in [-0.4, -0.2) is 47.1 Å². The Morgan fingerprint density at radius 3 is 2.02 bits per heavy atom. The van der Waals surface area contributed by atoms with Gasteiger partial charge in [0.2, 0.25) is 0 Å². The van der Waals surface area contributed by atoms with Crippen LogP contribution in [0.3, 0.4) is 0 Å². The molecule has 9 nitrogen and oxygen atoms in total. The first-order valence-corrected chi connectivity index (χ1v) is 12.5. The number of esters is 1. The van der Waals surface area contributed by atoms with Crippen molar-refractivity contribution < 1.29 is 55.3 Å². The number of aliphatic hydroxyl groups excluding tert-OH is 1. The summed E-state index contributed by atoms with van der Waals surface area (Å²) in [5.74, 6) is -6.36. The number of anilines is 1. The molecule has 42 heavy (non-hydrogen) atoms. The second-order valence-electron chi connectivity index (χ2n) is 8.54. The van der Waals surface area contributed by atoms with Gasteiger partial charge in [0, 0.05) is 22.8 Å². The summed E-state index contributed by atoms with van der Waals surface area (Å²) in [7, 11) is 0.921. The van der Waals surface area contributed by atoms with Gasteiger partial charge in [-0.15, -0.1) is 0 Å². The summed E-state index contributed by atoms with van der Waals surface area (Å²) in [6, 6.07) is 2.54. The van der Waals surface area contributed by atoms with Crippen molar-refractivity contribution in [2.45, 2.75) is 58.6 Å². The molecule has 1 heterocycles. The van der Waals surface area contributed by atoms with Gasteiger partial charge in [0.15, 0.2) is 11.8 Å². The number of ether oxygens (including phenoxy) is 2. The molecule has 1 aromatic heterocycles. The van der Waals surface area contributed by atoms with Crippen LogP contribution in [0.15, 0.2) is 36.5 Å². The number of methoxy groups -OCH3 is 1. The van der Waals surface area contributed by atoms with Gasteiger partial charge in [-0.3, -0.25) is 9.59 Å². The number of rotatable bonds is 7. The number of aromatic nitrogens is 1. The average Bonchev–Trinajstić information content (AvgIpc) is 3.33. The number of hydrogen-bond acceptors (Lipinski definition) is 6. The average molecular weight is 606 g/mol. The molecule has 0 aliphatic heterocycles. The summed E-state index contributed by atoms with van der Waals surface area (Å²) >= 11 is 0. The summed E-state index contributed by atoms with van der Waals surface area (Å²) in [5, 5.41) is 13.6. The molecule has 0 saturated carbocycles. The number of H-pyrrole nitrogens is 1. The Morgan fingerprint density at radius 2 is 1.55 bits per heavy atom. The van der Waals surface area contributed by atoms with Crippen LogP contribution < -0.4 is 15.4 Å². The lowest BCUT2D eigenvalue weighted by Crippen LogP contribution is -2.51. The molecule has 2 atom stereocenters. The molecule has 4 N–H and O–H groups in total. The Bertz CT molecular complexity index is 1400. The number of benzene rings is 2. The normalized spacial score (nSPS) is 13.0. The fraction of sp³-hybridized carbons (Fsp3) is 0.370. The Morgan fingerprint density at radius 1 is 0.976 bits per heavy atom. The van der Waals surface area contributed by atoms with Gasteiger partial charge >= 0.3 is 30.1 Å². The van der Waals surface area contributed by atoms with E-state index in [0.717, 1.165) is 19.6 Å². The number of carbonyl (C=O) groups excluding carboxylic acids is 3. The van der Waals surface area contributed by atoms with E-state index in [4.69, 9.17) is 4.74 Å². The van der Waals surface area contributed by atoms with Gasteiger partial charge < -0.3 is 30.2 Å². The third-order valence-electron chi connectivity index (χ3n) is 5.73. The van der Waals surface area contributed by atoms with Crippen LogP contribution in [-0.2, 0) is 37.9 Å². The van der Waals surface area contributed by atoms with E-state index < -0.39 is 64.8 Å². The maximum absolute atomic E-state index is 14.0. The third-order valence-corrected chi connectivity index (χ3v) is 5.73. The number of alkyl halides is 6. The van der Waals surface area contributed by atoms with Gasteiger partial charge in [0.05, 0.1) is 13.2 Å². The van der Waals surface area contributed by atoms with E-state index in [2.05, 4.69) is 9.72 Å². The molecular formula is C27H29F6N3O6. The number of fused-ring (bicyclic) bond motifs is 1. The summed E-state index contributed by atoms with van der Waals surface area (Å²) in [6.45, 7) is 6.88. The van der Waals surface area contributed by atoms with Crippen molar-refractivity contribution in [2.24, 2.45) is 0 Å². The molecule has 3 aromatic rings. The van der Waals surface area contributed by atoms with Crippen molar-refractivity contribution in [2.75, 3.05) is 12.4 Å². The van der Waals surface area contributed by atoms with Crippen molar-refractivity contribution in [1.29, 1.82) is 0 Å². The summed E-state index contributed by atoms with van der Waals surface area (Å²) < 4.78 is 93.4. The molecule has 2 aromatic carbocycles. The molecule has 0 aliphatic rings. The van der Waals surface area contributed by atoms with Crippen LogP contribution in [0.25, 0.3) is 10.9 Å². The Labute approximate surface area is 236 Å². The second kappa shape index (κ2) is 13.6. The first kappa shape index (κ1) is 33.9. The molecule has 0 fully saturated rings. The summed E-state index contributed by atoms with van der Waals surface area (Å²) in [4.78, 5) is 39.1. The van der Waals surface area contributed by atoms with E-state index in [0.29, 0.717) is 17.3 Å². The maximum Gasteiger partial charge on any atom is 0.420 e. The molecule has 15 heteroatoms. The van der Waals surface area contributed by atoms with Crippen molar-refractivity contribution in [3.63, 3.8) is 0 Å². The van der Waals surface area contributed by atoms with Crippen molar-refractivity contribution in [1.82, 2.24) is 10.3 Å². The van der Waals surface area contributed by atoms with E-state index in [-0.39, 0.29) is 17.9 Å². The van der Waals surface area contributed by atoms with E-state index in [1.807, 2.05) is 20.8 Å². The topological polar surface area (TPSA) is 130 Å². The number of aryl methyl sites for hydroxylation is 1.